The van der Waals surface area contributed by atoms with Gasteiger partial charge in [0, 0.05) is 6.54 Å². The summed E-state index contributed by atoms with van der Waals surface area (Å²) in [6.07, 6.45) is 1.60. The number of rotatable bonds is 7. The van der Waals surface area contributed by atoms with Crippen LogP contribution in [0.2, 0.25) is 0 Å². The summed E-state index contributed by atoms with van der Waals surface area (Å²) < 4.78 is 20.2. The van der Waals surface area contributed by atoms with E-state index in [4.69, 9.17) is 4.74 Å². The highest BCUT2D eigenvalue weighted by Gasteiger charge is 2.08. The molecule has 7 heteroatoms. The molecule has 0 aliphatic carbocycles. The number of amides is 1. The third-order valence-electron chi connectivity index (χ3n) is 3.44. The molecule has 6 nitrogen and oxygen atoms in total. The summed E-state index contributed by atoms with van der Waals surface area (Å²) in [5.41, 5.74) is 1.53. The zero-order valence-electron chi connectivity index (χ0n) is 13.4. The number of aromatic nitrogens is 3. The largest absolute Gasteiger partial charge is 0.484 e. The molecule has 0 saturated heterocycles. The lowest BCUT2D eigenvalue weighted by molar-refractivity contribution is -0.122. The highest BCUT2D eigenvalue weighted by molar-refractivity contribution is 5.75. The van der Waals surface area contributed by atoms with E-state index in [0.29, 0.717) is 12.2 Å². The summed E-state index contributed by atoms with van der Waals surface area (Å²) in [5, 5.41) is 10.6. The fourth-order valence-electron chi connectivity index (χ4n) is 2.19. The molecule has 25 heavy (non-hydrogen) atoms. The van der Waals surface area contributed by atoms with E-state index in [1.807, 2.05) is 30.3 Å². The Morgan fingerprint density at radius 1 is 1.12 bits per heavy atom. The number of benzene rings is 2. The van der Waals surface area contributed by atoms with Crippen LogP contribution in [-0.4, -0.2) is 20.9 Å². The van der Waals surface area contributed by atoms with Crippen LogP contribution in [0.4, 0.5) is 4.39 Å². The first-order valence-electron chi connectivity index (χ1n) is 7.77. The van der Waals surface area contributed by atoms with Crippen molar-refractivity contribution in [1.82, 2.24) is 20.3 Å². The molecule has 0 saturated carbocycles. The van der Waals surface area contributed by atoms with Crippen molar-refractivity contribution < 1.29 is 13.9 Å². The van der Waals surface area contributed by atoms with Gasteiger partial charge in [-0.2, -0.15) is 0 Å². The fraction of sp³-hybridized carbons (Fsp3) is 0.167. The average molecular weight is 340 g/mol. The first-order chi connectivity index (χ1) is 12.2. The molecule has 0 spiro atoms. The first kappa shape index (κ1) is 16.6. The Hall–Kier alpha value is -3.22. The molecule has 0 radical (unpaired) electrons. The summed E-state index contributed by atoms with van der Waals surface area (Å²) in [4.78, 5) is 11.9. The van der Waals surface area contributed by atoms with Crippen molar-refractivity contribution in [3.05, 3.63) is 77.9 Å². The number of hydrogen-bond donors (Lipinski definition) is 1. The molecule has 0 unspecified atom stereocenters. The molecule has 1 N–H and O–H groups in total. The first-order valence-corrected chi connectivity index (χ1v) is 7.77. The van der Waals surface area contributed by atoms with E-state index in [-0.39, 0.29) is 24.8 Å². The topological polar surface area (TPSA) is 69.0 Å². The van der Waals surface area contributed by atoms with Gasteiger partial charge in [-0.05, 0) is 17.7 Å². The lowest BCUT2D eigenvalue weighted by Crippen LogP contribution is -2.27. The van der Waals surface area contributed by atoms with E-state index in [0.717, 1.165) is 5.56 Å². The Kier molecular flexibility index (Phi) is 5.36. The summed E-state index contributed by atoms with van der Waals surface area (Å²) in [7, 11) is 0. The van der Waals surface area contributed by atoms with E-state index in [2.05, 4.69) is 15.6 Å². The number of hydrogen-bond acceptors (Lipinski definition) is 4. The van der Waals surface area contributed by atoms with Crippen LogP contribution in [0.15, 0.2) is 60.8 Å². The predicted octanol–water partition coefficient (Wildman–Crippen LogP) is 2.31. The zero-order valence-corrected chi connectivity index (χ0v) is 13.4. The Labute approximate surface area is 144 Å². The second-order valence-corrected chi connectivity index (χ2v) is 5.39. The second-order valence-electron chi connectivity index (χ2n) is 5.39. The Balaban J connectivity index is 1.48. The van der Waals surface area contributed by atoms with Crippen molar-refractivity contribution in [2.24, 2.45) is 0 Å². The van der Waals surface area contributed by atoms with E-state index >= 15 is 0 Å². The number of ether oxygens (including phenoxy) is 1. The molecule has 0 atom stereocenters. The van der Waals surface area contributed by atoms with Gasteiger partial charge < -0.3 is 10.1 Å². The highest BCUT2D eigenvalue weighted by Crippen LogP contribution is 2.16. The van der Waals surface area contributed by atoms with Crippen molar-refractivity contribution >= 4 is 5.91 Å². The van der Waals surface area contributed by atoms with Crippen LogP contribution in [0, 0.1) is 5.82 Å². The van der Waals surface area contributed by atoms with Gasteiger partial charge in [-0.15, -0.1) is 5.10 Å². The van der Waals surface area contributed by atoms with Gasteiger partial charge in [-0.1, -0.05) is 47.7 Å². The lowest BCUT2D eigenvalue weighted by atomic mass is 10.2. The summed E-state index contributed by atoms with van der Waals surface area (Å²) >= 11 is 0. The smallest absolute Gasteiger partial charge is 0.242 e. The van der Waals surface area contributed by atoms with Gasteiger partial charge in [-0.3, -0.25) is 4.79 Å². The normalized spacial score (nSPS) is 10.4. The molecule has 1 amide bonds. The van der Waals surface area contributed by atoms with E-state index < -0.39 is 5.82 Å². The van der Waals surface area contributed by atoms with Crippen LogP contribution in [0.3, 0.4) is 0 Å². The van der Waals surface area contributed by atoms with Gasteiger partial charge in [0.15, 0.2) is 11.6 Å². The van der Waals surface area contributed by atoms with Gasteiger partial charge in [0.25, 0.3) is 0 Å². The van der Waals surface area contributed by atoms with Crippen LogP contribution in [0.5, 0.6) is 5.75 Å². The minimum atomic E-state index is -0.435. The number of halogens is 1. The third kappa shape index (κ3) is 4.87. The molecule has 1 aromatic heterocycles. The molecule has 0 aliphatic heterocycles. The molecule has 0 bridgehead atoms. The molecule has 0 fully saturated rings. The monoisotopic (exact) mass is 340 g/mol. The summed E-state index contributed by atoms with van der Waals surface area (Å²) in [6.45, 7) is 0.587. The maximum atomic E-state index is 13.5. The predicted molar refractivity (Wildman–Crippen MR) is 89.0 cm³/mol. The third-order valence-corrected chi connectivity index (χ3v) is 3.44. The quantitative estimate of drug-likeness (QED) is 0.717. The molecular weight excluding hydrogens is 323 g/mol. The van der Waals surface area contributed by atoms with Gasteiger partial charge in [0.2, 0.25) is 5.91 Å². The molecule has 3 aromatic rings. The number of nitrogens with one attached hydrogen (secondary N) is 1. The van der Waals surface area contributed by atoms with Crippen molar-refractivity contribution in [1.29, 1.82) is 0 Å². The number of carbonyl (C=O) groups is 1. The standard InChI is InChI=1S/C18H17FN4O2/c19-16-8-4-5-9-17(16)25-13-15-11-23(22-21-15)12-18(24)20-10-14-6-2-1-3-7-14/h1-9,11H,10,12-13H2,(H,20,24). The Morgan fingerprint density at radius 3 is 2.68 bits per heavy atom. The van der Waals surface area contributed by atoms with Crippen molar-refractivity contribution in [3.8, 4) is 5.75 Å². The van der Waals surface area contributed by atoms with E-state index in [9.17, 15) is 9.18 Å². The Bertz CT molecular complexity index is 836. The number of para-hydroxylation sites is 1. The van der Waals surface area contributed by atoms with Gasteiger partial charge in [0.1, 0.15) is 18.8 Å². The molecular formula is C18H17FN4O2. The van der Waals surface area contributed by atoms with Crippen LogP contribution in [0.25, 0.3) is 0 Å². The summed E-state index contributed by atoms with van der Waals surface area (Å²) in [6, 6.07) is 15.8. The van der Waals surface area contributed by atoms with Crippen LogP contribution in [0.1, 0.15) is 11.3 Å². The Morgan fingerprint density at radius 2 is 1.88 bits per heavy atom. The SMILES string of the molecule is O=C(Cn1cc(COc2ccccc2F)nn1)NCc1ccccc1. The van der Waals surface area contributed by atoms with E-state index in [1.165, 1.54) is 16.8 Å². The lowest BCUT2D eigenvalue weighted by Gasteiger charge is -2.05. The van der Waals surface area contributed by atoms with Crippen molar-refractivity contribution in [2.75, 3.05) is 0 Å². The van der Waals surface area contributed by atoms with Crippen LogP contribution in [-0.2, 0) is 24.5 Å². The van der Waals surface area contributed by atoms with Crippen LogP contribution < -0.4 is 10.1 Å². The molecule has 2 aromatic carbocycles. The molecule has 3 rings (SSSR count). The number of nitrogens with zero attached hydrogens (tertiary/aromatic N) is 3. The highest BCUT2D eigenvalue weighted by atomic mass is 19.1. The van der Waals surface area contributed by atoms with E-state index in [1.54, 1.807) is 18.3 Å². The fourth-order valence-corrected chi connectivity index (χ4v) is 2.19. The average Bonchev–Trinajstić information content (AvgIpc) is 3.07. The van der Waals surface area contributed by atoms with Gasteiger partial charge in [-0.25, -0.2) is 9.07 Å². The summed E-state index contributed by atoms with van der Waals surface area (Å²) in [5.74, 6) is -0.455. The van der Waals surface area contributed by atoms with Gasteiger partial charge in [0.05, 0.1) is 6.20 Å². The van der Waals surface area contributed by atoms with Gasteiger partial charge >= 0.3 is 0 Å². The second kappa shape index (κ2) is 8.05. The van der Waals surface area contributed by atoms with Crippen molar-refractivity contribution in [2.45, 2.75) is 19.7 Å². The minimum absolute atomic E-state index is 0.0551. The zero-order chi connectivity index (χ0) is 17.5. The maximum Gasteiger partial charge on any atom is 0.242 e. The molecule has 0 aliphatic rings. The number of carbonyl (C=O) groups excluding carboxylic acids is 1. The maximum absolute atomic E-state index is 13.5. The van der Waals surface area contributed by atoms with Crippen molar-refractivity contribution in [3.63, 3.8) is 0 Å². The minimum Gasteiger partial charge on any atom is -0.484 e. The van der Waals surface area contributed by atoms with Crippen LogP contribution >= 0.6 is 0 Å². The molecule has 1 heterocycles. The molecule has 128 valence electrons.